The van der Waals surface area contributed by atoms with Gasteiger partial charge in [0, 0.05) is 18.6 Å². The first-order chi connectivity index (χ1) is 16.8. The second kappa shape index (κ2) is 14.9. The number of rotatable bonds is 15. The molecule has 0 aliphatic rings. The van der Waals surface area contributed by atoms with Crippen molar-refractivity contribution < 1.29 is 39.3 Å². The third-order valence-electron chi connectivity index (χ3n) is 5.15. The Bertz CT molecular complexity index is 925. The summed E-state index contributed by atoms with van der Waals surface area (Å²) >= 11 is 3.92. The van der Waals surface area contributed by atoms with Crippen molar-refractivity contribution >= 4 is 42.3 Å². The van der Waals surface area contributed by atoms with Gasteiger partial charge in [-0.1, -0.05) is 26.0 Å². The molecule has 0 saturated carbocycles. The van der Waals surface area contributed by atoms with Crippen LogP contribution in [0, 0.1) is 5.92 Å². The van der Waals surface area contributed by atoms with Crippen molar-refractivity contribution in [1.29, 1.82) is 0 Å². The lowest BCUT2D eigenvalue weighted by Crippen LogP contribution is -2.58. The molecule has 3 amide bonds. The number of hydrogen-bond acceptors (Lipinski definition) is 8. The standard InChI is InChI=1S/C23H34N4O8S/c1-12(2)9-16(21(32)27-18(11-36)23(34)35)26-22(33)17(10-13-3-5-14(28)6-4-13)25-20(31)15(24)7-8-19(29)30/h3-6,12,15-18,28,36H,7-11,24H2,1-2H3,(H,25,31)(H,26,33)(H,27,32)(H,29,30)(H,34,35). The number of hydrogen-bond donors (Lipinski definition) is 8. The van der Waals surface area contributed by atoms with Gasteiger partial charge < -0.3 is 37.0 Å². The molecule has 0 bridgehead atoms. The van der Waals surface area contributed by atoms with Crippen LogP contribution in [0.2, 0.25) is 0 Å². The monoisotopic (exact) mass is 526 g/mol. The summed E-state index contributed by atoms with van der Waals surface area (Å²) in [5.41, 5.74) is 6.36. The summed E-state index contributed by atoms with van der Waals surface area (Å²) in [5.74, 6) is -4.79. The van der Waals surface area contributed by atoms with Crippen LogP contribution in [0.15, 0.2) is 24.3 Å². The Morgan fingerprint density at radius 2 is 1.42 bits per heavy atom. The van der Waals surface area contributed by atoms with E-state index in [-0.39, 0.29) is 43.1 Å². The van der Waals surface area contributed by atoms with Crippen molar-refractivity contribution in [3.05, 3.63) is 29.8 Å². The lowest BCUT2D eigenvalue weighted by atomic mass is 10.0. The zero-order valence-electron chi connectivity index (χ0n) is 20.1. The van der Waals surface area contributed by atoms with Gasteiger partial charge >= 0.3 is 11.9 Å². The number of nitrogens with one attached hydrogen (secondary N) is 3. The average Bonchev–Trinajstić information content (AvgIpc) is 2.80. The lowest BCUT2D eigenvalue weighted by Gasteiger charge is -2.26. The molecule has 36 heavy (non-hydrogen) atoms. The normalized spacial score (nSPS) is 14.2. The Morgan fingerprint density at radius 3 is 1.92 bits per heavy atom. The van der Waals surface area contributed by atoms with E-state index in [0.717, 1.165) is 0 Å². The SMILES string of the molecule is CC(C)CC(NC(=O)C(Cc1ccc(O)cc1)NC(=O)C(N)CCC(=O)O)C(=O)NC(CS)C(=O)O. The predicted octanol–water partition coefficient (Wildman–Crippen LogP) is -0.358. The second-order valence-electron chi connectivity index (χ2n) is 8.74. The molecule has 1 rings (SSSR count). The topological polar surface area (TPSA) is 208 Å². The molecule has 4 unspecified atom stereocenters. The summed E-state index contributed by atoms with van der Waals surface area (Å²) in [4.78, 5) is 60.6. The van der Waals surface area contributed by atoms with Crippen molar-refractivity contribution in [1.82, 2.24) is 16.0 Å². The number of nitrogens with two attached hydrogens (primary N) is 1. The summed E-state index contributed by atoms with van der Waals surface area (Å²) in [6, 6.07) is 1.18. The van der Waals surface area contributed by atoms with Crippen molar-refractivity contribution in [3.8, 4) is 5.75 Å². The Balaban J connectivity index is 3.10. The minimum Gasteiger partial charge on any atom is -0.508 e. The van der Waals surface area contributed by atoms with Crippen LogP contribution in [0.25, 0.3) is 0 Å². The van der Waals surface area contributed by atoms with Crippen LogP contribution in [0.3, 0.4) is 0 Å². The molecule has 0 aliphatic carbocycles. The fourth-order valence-electron chi connectivity index (χ4n) is 3.20. The van der Waals surface area contributed by atoms with Gasteiger partial charge in [0.2, 0.25) is 17.7 Å². The molecule has 13 heteroatoms. The summed E-state index contributed by atoms with van der Waals surface area (Å²) in [7, 11) is 0. The zero-order valence-corrected chi connectivity index (χ0v) is 21.0. The molecule has 1 aromatic rings. The maximum Gasteiger partial charge on any atom is 0.327 e. The largest absolute Gasteiger partial charge is 0.508 e. The van der Waals surface area contributed by atoms with E-state index in [0.29, 0.717) is 5.56 Å². The van der Waals surface area contributed by atoms with Crippen LogP contribution in [0.1, 0.15) is 38.7 Å². The highest BCUT2D eigenvalue weighted by atomic mass is 32.1. The molecule has 0 aromatic heterocycles. The van der Waals surface area contributed by atoms with Crippen LogP contribution >= 0.6 is 12.6 Å². The first-order valence-corrected chi connectivity index (χ1v) is 12.0. The molecular formula is C23H34N4O8S. The zero-order chi connectivity index (χ0) is 27.4. The number of thiol groups is 1. The first kappa shape index (κ1) is 30.7. The molecule has 0 heterocycles. The van der Waals surface area contributed by atoms with Crippen LogP contribution in [-0.2, 0) is 30.4 Å². The van der Waals surface area contributed by atoms with Crippen molar-refractivity contribution in [3.63, 3.8) is 0 Å². The Kier molecular flexibility index (Phi) is 12.7. The van der Waals surface area contributed by atoms with E-state index < -0.39 is 53.8 Å². The van der Waals surface area contributed by atoms with Gasteiger partial charge in [-0.3, -0.25) is 19.2 Å². The fraction of sp³-hybridized carbons (Fsp3) is 0.522. The third-order valence-corrected chi connectivity index (χ3v) is 5.52. The Morgan fingerprint density at radius 1 is 0.889 bits per heavy atom. The van der Waals surface area contributed by atoms with Crippen LogP contribution in [0.4, 0.5) is 0 Å². The number of carboxylic acids is 2. The number of amides is 3. The number of carboxylic acid groups (broad SMARTS) is 2. The van der Waals surface area contributed by atoms with Gasteiger partial charge in [-0.05, 0) is 36.5 Å². The van der Waals surface area contributed by atoms with Crippen LogP contribution in [-0.4, -0.2) is 74.9 Å². The molecule has 0 saturated heterocycles. The number of phenolic OH excluding ortho intramolecular Hbond substituents is 1. The van der Waals surface area contributed by atoms with Gasteiger partial charge in [0.1, 0.15) is 23.9 Å². The fourth-order valence-corrected chi connectivity index (χ4v) is 3.45. The Hall–Kier alpha value is -3.32. The van der Waals surface area contributed by atoms with E-state index in [4.69, 9.17) is 10.8 Å². The molecule has 0 spiro atoms. The van der Waals surface area contributed by atoms with E-state index in [2.05, 4.69) is 28.6 Å². The van der Waals surface area contributed by atoms with Crippen molar-refractivity contribution in [2.45, 2.75) is 63.7 Å². The minimum absolute atomic E-state index is 0.00493. The molecule has 1 aromatic carbocycles. The summed E-state index contributed by atoms with van der Waals surface area (Å²) in [6.45, 7) is 3.63. The van der Waals surface area contributed by atoms with E-state index in [1.807, 2.05) is 13.8 Å². The quantitative estimate of drug-likeness (QED) is 0.140. The van der Waals surface area contributed by atoms with Gasteiger partial charge in [0.25, 0.3) is 0 Å². The molecule has 0 fully saturated rings. The van der Waals surface area contributed by atoms with Gasteiger partial charge in [-0.25, -0.2) is 4.79 Å². The molecule has 200 valence electrons. The molecule has 0 radical (unpaired) electrons. The van der Waals surface area contributed by atoms with Crippen molar-refractivity contribution in [2.75, 3.05) is 5.75 Å². The van der Waals surface area contributed by atoms with E-state index in [1.54, 1.807) is 12.1 Å². The van der Waals surface area contributed by atoms with Crippen molar-refractivity contribution in [2.24, 2.45) is 11.7 Å². The van der Waals surface area contributed by atoms with Crippen LogP contribution < -0.4 is 21.7 Å². The highest BCUT2D eigenvalue weighted by Gasteiger charge is 2.30. The highest BCUT2D eigenvalue weighted by Crippen LogP contribution is 2.13. The first-order valence-electron chi connectivity index (χ1n) is 11.3. The number of carbonyl (C=O) groups is 5. The van der Waals surface area contributed by atoms with Gasteiger partial charge in [0.05, 0.1) is 6.04 Å². The number of aromatic hydroxyl groups is 1. The minimum atomic E-state index is -1.28. The summed E-state index contributed by atoms with van der Waals surface area (Å²) in [6.07, 6.45) is -0.314. The molecular weight excluding hydrogens is 492 g/mol. The number of phenols is 1. The lowest BCUT2D eigenvalue weighted by molar-refractivity contribution is -0.141. The average molecular weight is 527 g/mol. The molecule has 4 atom stereocenters. The smallest absolute Gasteiger partial charge is 0.327 e. The van der Waals surface area contributed by atoms with Crippen LogP contribution in [0.5, 0.6) is 5.75 Å². The molecule has 12 nitrogen and oxygen atoms in total. The molecule has 8 N–H and O–H groups in total. The van der Waals surface area contributed by atoms with Gasteiger partial charge in [-0.15, -0.1) is 0 Å². The highest BCUT2D eigenvalue weighted by molar-refractivity contribution is 7.80. The van der Waals surface area contributed by atoms with E-state index >= 15 is 0 Å². The second-order valence-corrected chi connectivity index (χ2v) is 9.11. The Labute approximate surface area is 214 Å². The van der Waals surface area contributed by atoms with Gasteiger partial charge in [0.15, 0.2) is 0 Å². The third kappa shape index (κ3) is 11.0. The number of benzene rings is 1. The maximum atomic E-state index is 13.2. The van der Waals surface area contributed by atoms with E-state index in [1.165, 1.54) is 12.1 Å². The summed E-state index contributed by atoms with van der Waals surface area (Å²) < 4.78 is 0. The van der Waals surface area contributed by atoms with E-state index in [9.17, 15) is 34.2 Å². The molecule has 0 aliphatic heterocycles. The number of aliphatic carboxylic acids is 2. The maximum absolute atomic E-state index is 13.2. The summed E-state index contributed by atoms with van der Waals surface area (Å²) in [5, 5.41) is 34.9. The number of carbonyl (C=O) groups excluding carboxylic acids is 3. The van der Waals surface area contributed by atoms with Gasteiger partial charge in [-0.2, -0.15) is 12.6 Å². The predicted molar refractivity (Wildman–Crippen MR) is 133 cm³/mol.